The third-order valence-electron chi connectivity index (χ3n) is 2.48. The van der Waals surface area contributed by atoms with Crippen molar-refractivity contribution in [1.82, 2.24) is 0 Å². The van der Waals surface area contributed by atoms with Gasteiger partial charge in [-0.3, -0.25) is 4.52 Å². The van der Waals surface area contributed by atoms with Crippen molar-refractivity contribution in [3.8, 4) is 5.75 Å². The molecule has 0 amide bonds. The fourth-order valence-corrected chi connectivity index (χ4v) is 3.09. The van der Waals surface area contributed by atoms with Crippen LogP contribution in [0.25, 0.3) is 5.76 Å². The molecule has 0 saturated carbocycles. The maximum absolute atomic E-state index is 10.5. The minimum atomic E-state index is -4.43. The Kier molecular flexibility index (Phi) is 2.53. The zero-order valence-electron chi connectivity index (χ0n) is 8.53. The summed E-state index contributed by atoms with van der Waals surface area (Å²) in [6.45, 7) is -0.195. The van der Waals surface area contributed by atoms with Crippen molar-refractivity contribution in [2.45, 2.75) is 12.7 Å². The number of thiophene rings is 1. The maximum Gasteiger partial charge on any atom is 0.469 e. The van der Waals surface area contributed by atoms with Crippen LogP contribution in [0, 0.1) is 0 Å². The molecule has 2 bridgehead atoms. The normalized spacial score (nSPS) is 23.6. The lowest BCUT2D eigenvalue weighted by Crippen LogP contribution is -2.20. The highest BCUT2D eigenvalue weighted by atomic mass is 32.1. The van der Waals surface area contributed by atoms with Crippen LogP contribution in [0.5, 0.6) is 5.75 Å². The lowest BCUT2D eigenvalue weighted by molar-refractivity contribution is -0.000593. The van der Waals surface area contributed by atoms with Gasteiger partial charge in [-0.15, -0.1) is 11.3 Å². The lowest BCUT2D eigenvalue weighted by Gasteiger charge is -2.19. The average molecular weight is 276 g/mol. The molecule has 0 radical (unpaired) electrons. The summed E-state index contributed by atoms with van der Waals surface area (Å²) >= 11 is 1.49. The number of phosphoric ester groups is 1. The second-order valence-electron chi connectivity index (χ2n) is 3.63. The predicted octanol–water partition coefficient (Wildman–Crippen LogP) is 1.49. The molecule has 8 heteroatoms. The summed E-state index contributed by atoms with van der Waals surface area (Å²) in [6, 6.07) is 0. The zero-order valence-corrected chi connectivity index (χ0v) is 10.2. The molecule has 1 aromatic heterocycles. The first-order chi connectivity index (χ1) is 8.03. The van der Waals surface area contributed by atoms with E-state index in [1.807, 2.05) is 5.38 Å². The van der Waals surface area contributed by atoms with E-state index in [2.05, 4.69) is 4.52 Å². The minimum Gasteiger partial charge on any atom is -0.453 e. The van der Waals surface area contributed by atoms with Crippen molar-refractivity contribution in [3.63, 3.8) is 0 Å². The molecule has 1 unspecified atom stereocenters. The third kappa shape index (κ3) is 2.12. The molecule has 0 aromatic carbocycles. The van der Waals surface area contributed by atoms with Crippen molar-refractivity contribution < 1.29 is 28.3 Å². The summed E-state index contributed by atoms with van der Waals surface area (Å²) < 4.78 is 25.9. The van der Waals surface area contributed by atoms with E-state index in [1.165, 1.54) is 17.4 Å². The Morgan fingerprint density at radius 3 is 3.18 bits per heavy atom. The first-order valence-corrected chi connectivity index (χ1v) is 7.28. The summed E-state index contributed by atoms with van der Waals surface area (Å²) in [5.74, 6) is 1.41. The largest absolute Gasteiger partial charge is 0.469 e. The standard InChI is InChI=1S/C9H9O6PS/c10-16(11,12)13-2-1-6-9-5-3-8(14-6)15-7(5)4-17-9/h1,4,8H,2-3H2,(H2,10,11,12)/b6-1+. The number of rotatable bonds is 3. The van der Waals surface area contributed by atoms with Gasteiger partial charge in [0, 0.05) is 10.9 Å². The Labute approximate surface area is 101 Å². The zero-order chi connectivity index (χ0) is 12.0. The second kappa shape index (κ2) is 3.83. The van der Waals surface area contributed by atoms with Gasteiger partial charge in [0.05, 0.1) is 17.9 Å². The summed E-state index contributed by atoms with van der Waals surface area (Å²) in [5.41, 5.74) is 1.11. The van der Waals surface area contributed by atoms with Gasteiger partial charge in [0.2, 0.25) is 6.29 Å². The Balaban J connectivity index is 1.80. The second-order valence-corrected chi connectivity index (χ2v) is 5.75. The first-order valence-electron chi connectivity index (χ1n) is 4.87. The van der Waals surface area contributed by atoms with E-state index in [-0.39, 0.29) is 12.9 Å². The van der Waals surface area contributed by atoms with Gasteiger partial charge in [-0.1, -0.05) is 0 Å². The van der Waals surface area contributed by atoms with Crippen LogP contribution in [0.4, 0.5) is 0 Å². The summed E-state index contributed by atoms with van der Waals surface area (Å²) in [7, 11) is -4.43. The lowest BCUT2D eigenvalue weighted by atomic mass is 10.1. The molecule has 0 aliphatic carbocycles. The first kappa shape index (κ1) is 11.3. The maximum atomic E-state index is 10.5. The number of fused-ring (bicyclic) bond motifs is 1. The predicted molar refractivity (Wildman–Crippen MR) is 59.5 cm³/mol. The van der Waals surface area contributed by atoms with Crippen LogP contribution in [-0.4, -0.2) is 22.7 Å². The van der Waals surface area contributed by atoms with Crippen LogP contribution >= 0.6 is 19.2 Å². The van der Waals surface area contributed by atoms with E-state index < -0.39 is 7.82 Å². The molecule has 3 rings (SSSR count). The highest BCUT2D eigenvalue weighted by Crippen LogP contribution is 2.46. The average Bonchev–Trinajstić information content (AvgIpc) is 2.69. The molecular weight excluding hydrogens is 267 g/mol. The van der Waals surface area contributed by atoms with Crippen molar-refractivity contribution in [1.29, 1.82) is 0 Å². The Morgan fingerprint density at radius 2 is 2.41 bits per heavy atom. The van der Waals surface area contributed by atoms with Crippen LogP contribution in [0.2, 0.25) is 0 Å². The highest BCUT2D eigenvalue weighted by Gasteiger charge is 2.35. The van der Waals surface area contributed by atoms with Crippen molar-refractivity contribution >= 4 is 24.9 Å². The molecule has 1 atom stereocenters. The van der Waals surface area contributed by atoms with E-state index >= 15 is 0 Å². The van der Waals surface area contributed by atoms with Gasteiger partial charge in [0.15, 0.2) is 0 Å². The van der Waals surface area contributed by atoms with E-state index in [4.69, 9.17) is 19.3 Å². The van der Waals surface area contributed by atoms with Gasteiger partial charge in [0.25, 0.3) is 0 Å². The van der Waals surface area contributed by atoms with Gasteiger partial charge in [-0.2, -0.15) is 0 Å². The van der Waals surface area contributed by atoms with Crippen LogP contribution < -0.4 is 4.74 Å². The fraction of sp³-hybridized carbons (Fsp3) is 0.333. The number of ether oxygens (including phenoxy) is 2. The smallest absolute Gasteiger partial charge is 0.453 e. The molecule has 0 saturated heterocycles. The van der Waals surface area contributed by atoms with Crippen molar-refractivity contribution in [2.24, 2.45) is 0 Å². The summed E-state index contributed by atoms with van der Waals surface area (Å²) in [6.07, 6.45) is 1.92. The topological polar surface area (TPSA) is 85.2 Å². The van der Waals surface area contributed by atoms with E-state index in [9.17, 15) is 4.57 Å². The van der Waals surface area contributed by atoms with Gasteiger partial charge in [0.1, 0.15) is 11.5 Å². The van der Waals surface area contributed by atoms with Gasteiger partial charge in [-0.05, 0) is 6.08 Å². The monoisotopic (exact) mass is 276 g/mol. The molecule has 17 heavy (non-hydrogen) atoms. The van der Waals surface area contributed by atoms with Crippen LogP contribution in [0.3, 0.4) is 0 Å². The number of hydrogen-bond acceptors (Lipinski definition) is 5. The van der Waals surface area contributed by atoms with Crippen LogP contribution in [0.15, 0.2) is 11.5 Å². The molecule has 92 valence electrons. The van der Waals surface area contributed by atoms with E-state index in [1.54, 1.807) is 0 Å². The van der Waals surface area contributed by atoms with Crippen molar-refractivity contribution in [2.75, 3.05) is 6.61 Å². The molecular formula is C9H9O6PS. The third-order valence-corrected chi connectivity index (χ3v) is 3.98. The molecule has 3 heterocycles. The van der Waals surface area contributed by atoms with Crippen LogP contribution in [0.1, 0.15) is 10.4 Å². The summed E-state index contributed by atoms with van der Waals surface area (Å²) in [4.78, 5) is 18.1. The minimum absolute atomic E-state index is 0.195. The van der Waals surface area contributed by atoms with Gasteiger partial charge >= 0.3 is 7.82 Å². The number of phosphoric acid groups is 1. The van der Waals surface area contributed by atoms with E-state index in [0.29, 0.717) is 5.76 Å². The van der Waals surface area contributed by atoms with Gasteiger partial charge < -0.3 is 19.3 Å². The summed E-state index contributed by atoms with van der Waals surface area (Å²) in [5, 5.41) is 1.91. The molecule has 6 nitrogen and oxygen atoms in total. The molecule has 2 N–H and O–H groups in total. The molecule has 2 aliphatic heterocycles. The van der Waals surface area contributed by atoms with Gasteiger partial charge in [-0.25, -0.2) is 4.57 Å². The van der Waals surface area contributed by atoms with E-state index in [0.717, 1.165) is 22.6 Å². The molecule has 0 spiro atoms. The number of hydrogen-bond donors (Lipinski definition) is 2. The Bertz CT molecular complexity index is 530. The molecule has 1 aromatic rings. The Hall–Kier alpha value is -0.850. The fourth-order valence-electron chi connectivity index (χ4n) is 1.83. The quantitative estimate of drug-likeness (QED) is 0.813. The SMILES string of the molecule is O=P(O)(O)OC/C=C1/OC2Cc3c(csc31)O2. The van der Waals surface area contributed by atoms with Crippen molar-refractivity contribution in [3.05, 3.63) is 21.9 Å². The Morgan fingerprint density at radius 1 is 1.59 bits per heavy atom. The highest BCUT2D eigenvalue weighted by molar-refractivity contribution is 7.46. The van der Waals surface area contributed by atoms with Crippen LogP contribution in [-0.2, 0) is 20.2 Å². The molecule has 2 aliphatic rings. The molecule has 0 fully saturated rings.